The number of carboxylic acid groups (broad SMARTS) is 1. The number of carbonyl (C=O) groups is 2. The average Bonchev–Trinajstić information content (AvgIpc) is 3.05. The Kier molecular flexibility index (Phi) is 8.20. The van der Waals surface area contributed by atoms with E-state index >= 15 is 0 Å². The molecule has 5 nitrogen and oxygen atoms in total. The summed E-state index contributed by atoms with van der Waals surface area (Å²) in [6.07, 6.45) is -0.857. The maximum Gasteiger partial charge on any atom is 0.490 e. The Morgan fingerprint density at radius 2 is 1.85 bits per heavy atom. The van der Waals surface area contributed by atoms with Gasteiger partial charge in [0.25, 0.3) is 0 Å². The van der Waals surface area contributed by atoms with Crippen LogP contribution >= 0.6 is 0 Å². The van der Waals surface area contributed by atoms with Gasteiger partial charge in [-0.2, -0.15) is 13.2 Å². The number of aliphatic carboxylic acids is 1. The molecular formula is C18H23F4NO4. The summed E-state index contributed by atoms with van der Waals surface area (Å²) in [7, 11) is 1.43. The van der Waals surface area contributed by atoms with Crippen LogP contribution in [0.1, 0.15) is 38.2 Å². The molecule has 27 heavy (non-hydrogen) atoms. The highest BCUT2D eigenvalue weighted by Crippen LogP contribution is 2.30. The lowest BCUT2D eigenvalue weighted by Crippen LogP contribution is -2.50. The molecule has 0 bridgehead atoms. The molecule has 2 N–H and O–H groups in total. The zero-order chi connectivity index (χ0) is 20.7. The topological polar surface area (TPSA) is 75.6 Å². The highest BCUT2D eigenvalue weighted by Gasteiger charge is 2.44. The van der Waals surface area contributed by atoms with Crippen molar-refractivity contribution in [2.75, 3.05) is 7.11 Å². The molecule has 0 unspecified atom stereocenters. The van der Waals surface area contributed by atoms with Gasteiger partial charge in [0.1, 0.15) is 11.4 Å². The first-order valence-electron chi connectivity index (χ1n) is 8.44. The zero-order valence-corrected chi connectivity index (χ0v) is 15.1. The molecule has 9 heteroatoms. The van der Waals surface area contributed by atoms with Gasteiger partial charge in [-0.15, -0.1) is 0 Å². The first-order valence-corrected chi connectivity index (χ1v) is 8.44. The van der Waals surface area contributed by atoms with Crippen molar-refractivity contribution in [3.63, 3.8) is 0 Å². The van der Waals surface area contributed by atoms with Crippen molar-refractivity contribution in [3.05, 3.63) is 35.6 Å². The molecular weight excluding hydrogens is 370 g/mol. The van der Waals surface area contributed by atoms with Crippen LogP contribution in [0.2, 0.25) is 0 Å². The Morgan fingerprint density at radius 1 is 1.30 bits per heavy atom. The molecule has 152 valence electrons. The first kappa shape index (κ1) is 22.9. The molecule has 0 saturated carbocycles. The van der Waals surface area contributed by atoms with Crippen LogP contribution in [0.3, 0.4) is 0 Å². The van der Waals surface area contributed by atoms with Gasteiger partial charge in [0.2, 0.25) is 0 Å². The predicted octanol–water partition coefficient (Wildman–Crippen LogP) is 3.47. The van der Waals surface area contributed by atoms with Gasteiger partial charge in [-0.25, -0.2) is 9.18 Å². The van der Waals surface area contributed by atoms with Gasteiger partial charge in [-0.05, 0) is 49.8 Å². The Hall–Kier alpha value is -2.16. The standard InChI is InChI=1S/C16H22FNO2.C2HF3O2/c1-3-14-9-11-16(18-14,15(19)20-2)10-8-12-4-6-13(17)7-5-12;3-2(4,5)1(6)7/h4-7,14,18H,3,8-11H2,1-2H3;(H,6,7)/t14-,16+;/m0./s1. The molecule has 0 aromatic heterocycles. The summed E-state index contributed by atoms with van der Waals surface area (Å²) in [6, 6.07) is 6.83. The fourth-order valence-corrected chi connectivity index (χ4v) is 2.93. The second-order valence-electron chi connectivity index (χ2n) is 6.29. The van der Waals surface area contributed by atoms with Crippen LogP contribution in [0.5, 0.6) is 0 Å². The smallest absolute Gasteiger partial charge is 0.475 e. The normalized spacial score (nSPS) is 21.9. The number of hydrogen-bond donors (Lipinski definition) is 2. The molecule has 1 fully saturated rings. The number of aryl methyl sites for hydroxylation is 1. The summed E-state index contributed by atoms with van der Waals surface area (Å²) in [4.78, 5) is 21.0. The van der Waals surface area contributed by atoms with E-state index in [0.29, 0.717) is 12.5 Å². The fourth-order valence-electron chi connectivity index (χ4n) is 2.93. The third-order valence-corrected chi connectivity index (χ3v) is 4.47. The molecule has 1 aliphatic heterocycles. The highest BCUT2D eigenvalue weighted by molar-refractivity contribution is 5.81. The monoisotopic (exact) mass is 393 g/mol. The van der Waals surface area contributed by atoms with Crippen LogP contribution in [0.15, 0.2) is 24.3 Å². The third-order valence-electron chi connectivity index (χ3n) is 4.47. The van der Waals surface area contributed by atoms with E-state index in [-0.39, 0.29) is 11.8 Å². The lowest BCUT2D eigenvalue weighted by Gasteiger charge is -2.27. The number of nitrogens with one attached hydrogen (secondary N) is 1. The number of ether oxygens (including phenoxy) is 1. The quantitative estimate of drug-likeness (QED) is 0.592. The van der Waals surface area contributed by atoms with Crippen molar-refractivity contribution in [3.8, 4) is 0 Å². The van der Waals surface area contributed by atoms with Gasteiger partial charge < -0.3 is 9.84 Å². The van der Waals surface area contributed by atoms with E-state index in [1.165, 1.54) is 19.2 Å². The van der Waals surface area contributed by atoms with Crippen molar-refractivity contribution in [1.82, 2.24) is 5.32 Å². The van der Waals surface area contributed by atoms with Crippen LogP contribution < -0.4 is 5.32 Å². The van der Waals surface area contributed by atoms with E-state index in [4.69, 9.17) is 14.6 Å². The van der Waals surface area contributed by atoms with E-state index in [1.807, 2.05) is 0 Å². The molecule has 0 aliphatic carbocycles. The minimum absolute atomic E-state index is 0.185. The number of carbonyl (C=O) groups excluding carboxylic acids is 1. The maximum absolute atomic E-state index is 12.9. The molecule has 1 aromatic rings. The van der Waals surface area contributed by atoms with Gasteiger partial charge in [0.15, 0.2) is 0 Å². The molecule has 2 atom stereocenters. The van der Waals surface area contributed by atoms with Gasteiger partial charge in [-0.1, -0.05) is 19.1 Å². The number of rotatable bonds is 5. The van der Waals surface area contributed by atoms with E-state index < -0.39 is 17.7 Å². The molecule has 1 heterocycles. The van der Waals surface area contributed by atoms with Gasteiger partial charge in [0.05, 0.1) is 7.11 Å². The summed E-state index contributed by atoms with van der Waals surface area (Å²) in [5.74, 6) is -3.18. The van der Waals surface area contributed by atoms with Gasteiger partial charge in [-0.3, -0.25) is 10.1 Å². The Labute approximate surface area is 154 Å². The third kappa shape index (κ3) is 6.82. The van der Waals surface area contributed by atoms with Crippen LogP contribution in [0.4, 0.5) is 17.6 Å². The van der Waals surface area contributed by atoms with E-state index in [2.05, 4.69) is 12.2 Å². The number of esters is 1. The van der Waals surface area contributed by atoms with Crippen LogP contribution in [-0.2, 0) is 20.7 Å². The molecule has 0 amide bonds. The number of methoxy groups -OCH3 is 1. The van der Waals surface area contributed by atoms with Gasteiger partial charge in [0, 0.05) is 6.04 Å². The van der Waals surface area contributed by atoms with Crippen molar-refractivity contribution in [1.29, 1.82) is 0 Å². The Bertz CT molecular complexity index is 633. The molecule has 2 rings (SSSR count). The van der Waals surface area contributed by atoms with Crippen LogP contribution in [0, 0.1) is 5.82 Å². The number of halogens is 4. The van der Waals surface area contributed by atoms with E-state index in [0.717, 1.165) is 31.2 Å². The molecule has 0 radical (unpaired) electrons. The summed E-state index contributed by atoms with van der Waals surface area (Å²) < 4.78 is 49.6. The van der Waals surface area contributed by atoms with Gasteiger partial charge >= 0.3 is 18.1 Å². The first-order chi connectivity index (χ1) is 12.5. The lowest BCUT2D eigenvalue weighted by molar-refractivity contribution is -0.192. The number of hydrogen-bond acceptors (Lipinski definition) is 4. The summed E-state index contributed by atoms with van der Waals surface area (Å²) in [5.41, 5.74) is 0.459. The SMILES string of the molecule is CC[C@H]1CC[C@](CCc2ccc(F)cc2)(C(=O)OC)N1.O=C(O)C(F)(F)F. The molecule has 1 aliphatic rings. The summed E-state index contributed by atoms with van der Waals surface area (Å²) in [6.45, 7) is 2.12. The minimum atomic E-state index is -5.08. The summed E-state index contributed by atoms with van der Waals surface area (Å²) >= 11 is 0. The van der Waals surface area contributed by atoms with Crippen molar-refractivity contribution >= 4 is 11.9 Å². The highest BCUT2D eigenvalue weighted by atomic mass is 19.4. The second kappa shape index (κ2) is 9.68. The summed E-state index contributed by atoms with van der Waals surface area (Å²) in [5, 5.41) is 10.6. The van der Waals surface area contributed by atoms with Crippen molar-refractivity contribution < 1.29 is 37.0 Å². The second-order valence-corrected chi connectivity index (χ2v) is 6.29. The van der Waals surface area contributed by atoms with E-state index in [1.54, 1.807) is 12.1 Å². The van der Waals surface area contributed by atoms with E-state index in [9.17, 15) is 22.4 Å². The average molecular weight is 393 g/mol. The molecule has 1 saturated heterocycles. The number of alkyl halides is 3. The van der Waals surface area contributed by atoms with Crippen molar-refractivity contribution in [2.45, 2.75) is 56.8 Å². The maximum atomic E-state index is 12.9. The van der Waals surface area contributed by atoms with Crippen LogP contribution in [0.25, 0.3) is 0 Å². The Balaban J connectivity index is 0.000000445. The van der Waals surface area contributed by atoms with Crippen molar-refractivity contribution in [2.24, 2.45) is 0 Å². The van der Waals surface area contributed by atoms with Crippen LogP contribution in [-0.4, -0.2) is 41.9 Å². The predicted molar refractivity (Wildman–Crippen MR) is 89.6 cm³/mol. The minimum Gasteiger partial charge on any atom is -0.475 e. The molecule has 1 aromatic carbocycles. The molecule has 0 spiro atoms. The Morgan fingerprint density at radius 3 is 2.26 bits per heavy atom. The fraction of sp³-hybridized carbons (Fsp3) is 0.556. The lowest BCUT2D eigenvalue weighted by atomic mass is 9.90. The zero-order valence-electron chi connectivity index (χ0n) is 15.1. The largest absolute Gasteiger partial charge is 0.490 e. The number of carboxylic acids is 1. The number of benzene rings is 1.